The highest BCUT2D eigenvalue weighted by Crippen LogP contribution is 2.54. The first-order chi connectivity index (χ1) is 9.72. The molecule has 0 radical (unpaired) electrons. The quantitative estimate of drug-likeness (QED) is 0.452. The largest absolute Gasteiger partial charge is 0.430 e. The molecule has 2 heterocycles. The van der Waals surface area contributed by atoms with Gasteiger partial charge in [-0.15, -0.1) is 9.78 Å². The molecular weight excluding hydrogens is 283 g/mol. The third kappa shape index (κ3) is 1.72. The van der Waals surface area contributed by atoms with Crippen LogP contribution in [0.4, 0.5) is 4.39 Å². The summed E-state index contributed by atoms with van der Waals surface area (Å²) < 4.78 is 19.2. The maximum Gasteiger partial charge on any atom is 0.411 e. The smallest absolute Gasteiger partial charge is 0.411 e. The number of hydrogen-bond donors (Lipinski definition) is 0. The average molecular weight is 292 g/mol. The number of halogens is 1. The lowest BCUT2D eigenvalue weighted by molar-refractivity contribution is -0.105. The van der Waals surface area contributed by atoms with Gasteiger partial charge in [0.05, 0.1) is 11.1 Å². The van der Waals surface area contributed by atoms with E-state index in [1.807, 2.05) is 6.08 Å². The van der Waals surface area contributed by atoms with Crippen LogP contribution in [0.1, 0.15) is 18.4 Å². The predicted molar refractivity (Wildman–Crippen MR) is 67.6 cm³/mol. The van der Waals surface area contributed by atoms with Crippen molar-refractivity contribution in [2.24, 2.45) is 0 Å². The van der Waals surface area contributed by atoms with Crippen LogP contribution < -0.4 is 0 Å². The summed E-state index contributed by atoms with van der Waals surface area (Å²) in [7, 11) is 0. The SMILES string of the molecule is O=CC1=CCCC2=C1OC1(OO1)c1cc(F)ccc1S2. The zero-order valence-corrected chi connectivity index (χ0v) is 11.0. The Kier molecular flexibility index (Phi) is 2.54. The Morgan fingerprint density at radius 3 is 2.95 bits per heavy atom. The van der Waals surface area contributed by atoms with Gasteiger partial charge in [0.2, 0.25) is 0 Å². The highest BCUT2D eigenvalue weighted by molar-refractivity contribution is 8.03. The van der Waals surface area contributed by atoms with Crippen molar-refractivity contribution < 1.29 is 23.7 Å². The Hall–Kier alpha value is -1.63. The van der Waals surface area contributed by atoms with Crippen molar-refractivity contribution in [3.05, 3.63) is 51.9 Å². The summed E-state index contributed by atoms with van der Waals surface area (Å²) in [6.45, 7) is 0. The van der Waals surface area contributed by atoms with Gasteiger partial charge in [0.15, 0.2) is 6.29 Å². The second kappa shape index (κ2) is 4.18. The summed E-state index contributed by atoms with van der Waals surface area (Å²) in [4.78, 5) is 22.8. The standard InChI is InChI=1S/C14H9FO4S/c15-9-4-5-11-10(6-9)14(18-19-14)17-13-8(7-16)2-1-3-12(13)20-11/h2,4-7H,1,3H2. The van der Waals surface area contributed by atoms with Crippen molar-refractivity contribution in [3.63, 3.8) is 0 Å². The van der Waals surface area contributed by atoms with E-state index in [2.05, 4.69) is 0 Å². The van der Waals surface area contributed by atoms with E-state index in [1.165, 1.54) is 23.9 Å². The first-order valence-electron chi connectivity index (χ1n) is 6.14. The first-order valence-corrected chi connectivity index (χ1v) is 6.96. The molecule has 102 valence electrons. The van der Waals surface area contributed by atoms with E-state index in [1.54, 1.807) is 6.07 Å². The number of benzene rings is 1. The van der Waals surface area contributed by atoms with Crippen LogP contribution in [0.5, 0.6) is 0 Å². The van der Waals surface area contributed by atoms with E-state index in [9.17, 15) is 9.18 Å². The summed E-state index contributed by atoms with van der Waals surface area (Å²) in [5.41, 5.74) is 0.965. The van der Waals surface area contributed by atoms with Crippen LogP contribution in [-0.2, 0) is 25.3 Å². The maximum atomic E-state index is 13.5. The molecule has 1 fully saturated rings. The lowest BCUT2D eigenvalue weighted by atomic mass is 10.1. The number of carbonyl (C=O) groups excluding carboxylic acids is 1. The Labute approximate surface area is 118 Å². The normalized spacial score (nSPS) is 22.4. The summed E-state index contributed by atoms with van der Waals surface area (Å²) >= 11 is 1.46. The third-order valence-electron chi connectivity index (χ3n) is 3.35. The van der Waals surface area contributed by atoms with Crippen molar-refractivity contribution in [3.8, 4) is 0 Å². The van der Waals surface area contributed by atoms with Crippen LogP contribution in [0.25, 0.3) is 0 Å². The Morgan fingerprint density at radius 1 is 1.35 bits per heavy atom. The molecule has 0 amide bonds. The summed E-state index contributed by atoms with van der Waals surface area (Å²) in [5, 5.41) is 0. The number of fused-ring (bicyclic) bond motifs is 2. The molecule has 0 N–H and O–H groups in total. The van der Waals surface area contributed by atoms with Gasteiger partial charge >= 0.3 is 5.97 Å². The maximum absolute atomic E-state index is 13.5. The number of thioether (sulfide) groups is 1. The zero-order valence-electron chi connectivity index (χ0n) is 10.2. The van der Waals surface area contributed by atoms with Crippen molar-refractivity contribution in [1.82, 2.24) is 0 Å². The first kappa shape index (κ1) is 12.1. The van der Waals surface area contributed by atoms with E-state index in [-0.39, 0.29) is 0 Å². The molecule has 1 spiro atoms. The Morgan fingerprint density at radius 2 is 2.20 bits per heavy atom. The summed E-state index contributed by atoms with van der Waals surface area (Å²) in [6, 6.07) is 4.38. The van der Waals surface area contributed by atoms with E-state index < -0.39 is 11.8 Å². The lowest BCUT2D eigenvalue weighted by Crippen LogP contribution is -2.15. The molecular formula is C14H9FO4S. The van der Waals surface area contributed by atoms with Crippen molar-refractivity contribution >= 4 is 18.0 Å². The molecule has 20 heavy (non-hydrogen) atoms. The molecule has 1 aromatic rings. The molecule has 6 heteroatoms. The molecule has 0 unspecified atom stereocenters. The number of carbonyl (C=O) groups is 1. The molecule has 4 rings (SSSR count). The minimum absolute atomic E-state index is 0.391. The average Bonchev–Trinajstić information content (AvgIpc) is 3.24. The van der Waals surface area contributed by atoms with Gasteiger partial charge in [0.25, 0.3) is 0 Å². The molecule has 1 aromatic carbocycles. The topological polar surface area (TPSA) is 51.4 Å². The monoisotopic (exact) mass is 292 g/mol. The van der Waals surface area contributed by atoms with Gasteiger partial charge in [-0.3, -0.25) is 4.79 Å². The van der Waals surface area contributed by atoms with Gasteiger partial charge in [-0.05, 0) is 31.0 Å². The second-order valence-electron chi connectivity index (χ2n) is 4.64. The highest BCUT2D eigenvalue weighted by atomic mass is 32.2. The van der Waals surface area contributed by atoms with Crippen LogP contribution in [0, 0.1) is 5.82 Å². The van der Waals surface area contributed by atoms with Crippen molar-refractivity contribution in [1.29, 1.82) is 0 Å². The van der Waals surface area contributed by atoms with Crippen LogP contribution in [-0.4, -0.2) is 6.29 Å². The fraction of sp³-hybridized carbons (Fsp3) is 0.214. The number of rotatable bonds is 1. The zero-order chi connectivity index (χ0) is 13.7. The Balaban J connectivity index is 1.86. The molecule has 1 saturated heterocycles. The molecule has 0 bridgehead atoms. The minimum atomic E-state index is -1.42. The molecule has 1 aliphatic carbocycles. The molecule has 3 aliphatic rings. The van der Waals surface area contributed by atoms with Gasteiger partial charge in [-0.1, -0.05) is 17.8 Å². The number of ether oxygens (including phenoxy) is 1. The molecule has 0 aromatic heterocycles. The van der Waals surface area contributed by atoms with Gasteiger partial charge in [-0.2, -0.15) is 0 Å². The van der Waals surface area contributed by atoms with E-state index in [4.69, 9.17) is 14.5 Å². The van der Waals surface area contributed by atoms with Gasteiger partial charge < -0.3 is 4.74 Å². The minimum Gasteiger partial charge on any atom is -0.430 e. The van der Waals surface area contributed by atoms with Crippen LogP contribution >= 0.6 is 11.8 Å². The van der Waals surface area contributed by atoms with Gasteiger partial charge in [0.1, 0.15) is 11.6 Å². The van der Waals surface area contributed by atoms with Crippen LogP contribution in [0.2, 0.25) is 0 Å². The van der Waals surface area contributed by atoms with Gasteiger partial charge in [0, 0.05) is 9.80 Å². The number of allylic oxidation sites excluding steroid dienone is 3. The fourth-order valence-electron chi connectivity index (χ4n) is 2.36. The van der Waals surface area contributed by atoms with E-state index in [0.29, 0.717) is 16.9 Å². The van der Waals surface area contributed by atoms with Crippen LogP contribution in [0.3, 0.4) is 0 Å². The molecule has 2 aliphatic heterocycles. The second-order valence-corrected chi connectivity index (χ2v) is 5.77. The Bertz CT molecular complexity index is 676. The predicted octanol–water partition coefficient (Wildman–Crippen LogP) is 3.15. The number of hydrogen-bond acceptors (Lipinski definition) is 5. The molecule has 0 atom stereocenters. The van der Waals surface area contributed by atoms with E-state index in [0.717, 1.165) is 28.9 Å². The van der Waals surface area contributed by atoms with Crippen molar-refractivity contribution in [2.45, 2.75) is 23.7 Å². The van der Waals surface area contributed by atoms with Crippen molar-refractivity contribution in [2.75, 3.05) is 0 Å². The fourth-order valence-corrected chi connectivity index (χ4v) is 3.52. The summed E-state index contributed by atoms with van der Waals surface area (Å²) in [6.07, 6.45) is 4.11. The highest BCUT2D eigenvalue weighted by Gasteiger charge is 2.58. The summed E-state index contributed by atoms with van der Waals surface area (Å²) in [5.74, 6) is -1.34. The number of aldehydes is 1. The lowest BCUT2D eigenvalue weighted by Gasteiger charge is -2.17. The third-order valence-corrected chi connectivity index (χ3v) is 4.57. The van der Waals surface area contributed by atoms with Crippen LogP contribution in [0.15, 0.2) is 45.4 Å². The van der Waals surface area contributed by atoms with E-state index >= 15 is 0 Å². The van der Waals surface area contributed by atoms with Gasteiger partial charge in [-0.25, -0.2) is 4.39 Å². The molecule has 4 nitrogen and oxygen atoms in total. The molecule has 0 saturated carbocycles.